The van der Waals surface area contributed by atoms with Gasteiger partial charge in [-0.05, 0) is 39.3 Å². The molecule has 110 valence electrons. The van der Waals surface area contributed by atoms with Crippen molar-refractivity contribution in [2.24, 2.45) is 0 Å². The number of nitrogens with one attached hydrogen (secondary N) is 2. The summed E-state index contributed by atoms with van der Waals surface area (Å²) in [7, 11) is 0. The number of anilines is 1. The molecule has 1 aromatic rings. The van der Waals surface area contributed by atoms with Crippen molar-refractivity contribution in [2.45, 2.75) is 38.3 Å². The van der Waals surface area contributed by atoms with Crippen LogP contribution in [0.5, 0.6) is 0 Å². The number of carbonyl (C=O) groups excluding carboxylic acids is 1. The molecule has 0 radical (unpaired) electrons. The molecule has 0 bridgehead atoms. The van der Waals surface area contributed by atoms with E-state index < -0.39 is 0 Å². The van der Waals surface area contributed by atoms with E-state index in [2.05, 4.69) is 27.6 Å². The zero-order valence-electron chi connectivity index (χ0n) is 12.0. The molecule has 0 unspecified atom stereocenters. The van der Waals surface area contributed by atoms with E-state index in [0.717, 1.165) is 26.1 Å². The number of rotatable bonds is 4. The van der Waals surface area contributed by atoms with Gasteiger partial charge in [0.05, 0.1) is 12.6 Å². The molecule has 2 aliphatic heterocycles. The first-order chi connectivity index (χ1) is 9.72. The summed E-state index contributed by atoms with van der Waals surface area (Å²) in [5.74, 6) is 0.697. The van der Waals surface area contributed by atoms with E-state index in [1.807, 2.05) is 16.9 Å². The highest BCUT2D eigenvalue weighted by Gasteiger charge is 2.23. The third-order valence-electron chi connectivity index (χ3n) is 4.32. The second-order valence-corrected chi connectivity index (χ2v) is 5.84. The number of likely N-dealkylation sites (tertiary alicyclic amines) is 1. The summed E-state index contributed by atoms with van der Waals surface area (Å²) in [5.41, 5.74) is 0. The minimum atomic E-state index is 0.0357. The number of nitrogens with zero attached hydrogens (tertiary/aromatic N) is 3. The largest absolute Gasteiger partial charge is 0.315 e. The van der Waals surface area contributed by atoms with Gasteiger partial charge in [-0.3, -0.25) is 14.4 Å². The van der Waals surface area contributed by atoms with Gasteiger partial charge in [0.2, 0.25) is 5.91 Å². The van der Waals surface area contributed by atoms with Crippen molar-refractivity contribution >= 4 is 11.7 Å². The standard InChI is InChI=1S/C14H23N5O/c1-11-3-2-7-18(11)10-14(20)16-13-5-8-19(17-13)12-4-6-15-9-12/h5,8,11-12,15H,2-4,6-7,9-10H2,1H3,(H,16,17,20)/t11-,12-/m0/s1. The van der Waals surface area contributed by atoms with Gasteiger partial charge < -0.3 is 10.6 Å². The van der Waals surface area contributed by atoms with Crippen LogP contribution in [0.4, 0.5) is 5.82 Å². The molecule has 2 aliphatic rings. The summed E-state index contributed by atoms with van der Waals surface area (Å²) in [6.07, 6.45) is 5.43. The van der Waals surface area contributed by atoms with E-state index in [0.29, 0.717) is 24.4 Å². The number of hydrogen-bond acceptors (Lipinski definition) is 4. The van der Waals surface area contributed by atoms with E-state index in [9.17, 15) is 4.79 Å². The van der Waals surface area contributed by atoms with Crippen LogP contribution in [0.15, 0.2) is 12.3 Å². The molecule has 2 N–H and O–H groups in total. The van der Waals surface area contributed by atoms with Crippen molar-refractivity contribution in [2.75, 3.05) is 31.5 Å². The molecule has 0 saturated carbocycles. The normalized spacial score (nSPS) is 27.1. The van der Waals surface area contributed by atoms with Crippen molar-refractivity contribution in [3.05, 3.63) is 12.3 Å². The third kappa shape index (κ3) is 3.02. The van der Waals surface area contributed by atoms with Gasteiger partial charge >= 0.3 is 0 Å². The summed E-state index contributed by atoms with van der Waals surface area (Å²) in [4.78, 5) is 14.3. The Kier molecular flexibility index (Phi) is 4.03. The molecule has 3 rings (SSSR count). The van der Waals surface area contributed by atoms with Crippen LogP contribution in [0.25, 0.3) is 0 Å². The van der Waals surface area contributed by atoms with Gasteiger partial charge in [-0.2, -0.15) is 5.10 Å². The maximum absolute atomic E-state index is 12.0. The van der Waals surface area contributed by atoms with Crippen molar-refractivity contribution in [1.82, 2.24) is 20.0 Å². The van der Waals surface area contributed by atoms with Crippen LogP contribution in [0.2, 0.25) is 0 Å². The molecule has 0 spiro atoms. The first kappa shape index (κ1) is 13.6. The molecule has 2 fully saturated rings. The lowest BCUT2D eigenvalue weighted by Crippen LogP contribution is -2.35. The molecule has 20 heavy (non-hydrogen) atoms. The van der Waals surface area contributed by atoms with Crippen molar-refractivity contribution in [3.63, 3.8) is 0 Å². The van der Waals surface area contributed by atoms with Crippen LogP contribution < -0.4 is 10.6 Å². The minimum absolute atomic E-state index is 0.0357. The Balaban J connectivity index is 1.53. The smallest absolute Gasteiger partial charge is 0.239 e. The number of aromatic nitrogens is 2. The molecule has 6 heteroatoms. The average Bonchev–Trinajstić information content (AvgIpc) is 3.12. The molecule has 3 heterocycles. The lowest BCUT2D eigenvalue weighted by molar-refractivity contribution is -0.117. The number of amides is 1. The summed E-state index contributed by atoms with van der Waals surface area (Å²) in [6, 6.07) is 2.81. The summed E-state index contributed by atoms with van der Waals surface area (Å²) >= 11 is 0. The molecular formula is C14H23N5O. The van der Waals surface area contributed by atoms with E-state index in [4.69, 9.17) is 0 Å². The highest BCUT2D eigenvalue weighted by Crippen LogP contribution is 2.17. The van der Waals surface area contributed by atoms with Gasteiger partial charge in [0.1, 0.15) is 0 Å². The van der Waals surface area contributed by atoms with Gasteiger partial charge in [0, 0.05) is 24.8 Å². The summed E-state index contributed by atoms with van der Waals surface area (Å²) < 4.78 is 1.95. The molecule has 6 nitrogen and oxygen atoms in total. The van der Waals surface area contributed by atoms with Gasteiger partial charge in [-0.15, -0.1) is 0 Å². The van der Waals surface area contributed by atoms with Crippen LogP contribution in [0.1, 0.15) is 32.2 Å². The minimum Gasteiger partial charge on any atom is -0.315 e. The van der Waals surface area contributed by atoms with E-state index in [-0.39, 0.29) is 5.91 Å². The zero-order valence-corrected chi connectivity index (χ0v) is 12.0. The topological polar surface area (TPSA) is 62.2 Å². The van der Waals surface area contributed by atoms with Crippen LogP contribution in [0, 0.1) is 0 Å². The predicted molar refractivity (Wildman–Crippen MR) is 77.6 cm³/mol. The van der Waals surface area contributed by atoms with Gasteiger partial charge in [-0.1, -0.05) is 0 Å². The SMILES string of the molecule is C[C@H]1CCCN1CC(=O)Nc1ccn([C@H]2CCNC2)n1. The highest BCUT2D eigenvalue weighted by atomic mass is 16.2. The van der Waals surface area contributed by atoms with E-state index in [1.165, 1.54) is 12.8 Å². The van der Waals surface area contributed by atoms with Crippen molar-refractivity contribution < 1.29 is 4.79 Å². The van der Waals surface area contributed by atoms with Crippen molar-refractivity contribution in [3.8, 4) is 0 Å². The molecular weight excluding hydrogens is 254 g/mol. The molecule has 1 amide bonds. The summed E-state index contributed by atoms with van der Waals surface area (Å²) in [5, 5.41) is 10.7. The fraction of sp³-hybridized carbons (Fsp3) is 0.714. The lowest BCUT2D eigenvalue weighted by atomic mass is 10.2. The molecule has 1 aromatic heterocycles. The Hall–Kier alpha value is -1.40. The monoisotopic (exact) mass is 277 g/mol. The highest BCUT2D eigenvalue weighted by molar-refractivity contribution is 5.91. The van der Waals surface area contributed by atoms with Crippen LogP contribution in [0.3, 0.4) is 0 Å². The second-order valence-electron chi connectivity index (χ2n) is 5.84. The maximum Gasteiger partial charge on any atom is 0.239 e. The first-order valence-corrected chi connectivity index (χ1v) is 7.52. The van der Waals surface area contributed by atoms with Gasteiger partial charge in [0.15, 0.2) is 5.82 Å². The van der Waals surface area contributed by atoms with Crippen LogP contribution >= 0.6 is 0 Å². The first-order valence-electron chi connectivity index (χ1n) is 7.52. The van der Waals surface area contributed by atoms with Crippen LogP contribution in [-0.4, -0.2) is 52.8 Å². The quantitative estimate of drug-likeness (QED) is 0.856. The van der Waals surface area contributed by atoms with E-state index >= 15 is 0 Å². The Morgan fingerprint density at radius 2 is 2.45 bits per heavy atom. The fourth-order valence-corrected chi connectivity index (χ4v) is 3.07. The average molecular weight is 277 g/mol. The third-order valence-corrected chi connectivity index (χ3v) is 4.32. The Morgan fingerprint density at radius 3 is 3.15 bits per heavy atom. The van der Waals surface area contributed by atoms with Gasteiger partial charge in [0.25, 0.3) is 0 Å². The fourth-order valence-electron chi connectivity index (χ4n) is 3.07. The van der Waals surface area contributed by atoms with Crippen molar-refractivity contribution in [1.29, 1.82) is 0 Å². The molecule has 2 saturated heterocycles. The lowest BCUT2D eigenvalue weighted by Gasteiger charge is -2.19. The zero-order chi connectivity index (χ0) is 13.9. The van der Waals surface area contributed by atoms with Crippen LogP contribution in [-0.2, 0) is 4.79 Å². The predicted octanol–water partition coefficient (Wildman–Crippen LogP) is 0.840. The van der Waals surface area contributed by atoms with Gasteiger partial charge in [-0.25, -0.2) is 0 Å². The Bertz CT molecular complexity index is 466. The molecule has 2 atom stereocenters. The number of hydrogen-bond donors (Lipinski definition) is 2. The summed E-state index contributed by atoms with van der Waals surface area (Å²) in [6.45, 7) is 5.68. The molecule has 0 aliphatic carbocycles. The molecule has 0 aromatic carbocycles. The van der Waals surface area contributed by atoms with E-state index in [1.54, 1.807) is 0 Å². The number of carbonyl (C=O) groups is 1. The Labute approximate surface area is 119 Å². The maximum atomic E-state index is 12.0. The Morgan fingerprint density at radius 1 is 1.55 bits per heavy atom. The second kappa shape index (κ2) is 5.93.